The maximum Gasteiger partial charge on any atom is 0.352 e. The maximum atomic E-state index is 13.0. The fourth-order valence-electron chi connectivity index (χ4n) is 2.99. The zero-order valence-corrected chi connectivity index (χ0v) is 19.5. The number of β-lactam (4-membered cyclic amide) rings is 1. The van der Waals surface area contributed by atoms with Crippen LogP contribution in [0.2, 0.25) is 0 Å². The molecule has 2 aliphatic rings. The van der Waals surface area contributed by atoms with Crippen LogP contribution in [0.5, 0.6) is 0 Å². The van der Waals surface area contributed by atoms with Gasteiger partial charge in [0, 0.05) is 18.2 Å². The summed E-state index contributed by atoms with van der Waals surface area (Å²) in [6.07, 6.45) is 0.988. The lowest BCUT2D eigenvalue weighted by atomic mass is 10.0. The Labute approximate surface area is 201 Å². The van der Waals surface area contributed by atoms with Crippen LogP contribution in [-0.4, -0.2) is 84.9 Å². The highest BCUT2D eigenvalue weighted by atomic mass is 32.2. The summed E-state index contributed by atoms with van der Waals surface area (Å²) < 4.78 is 9.74. The number of nitrogen functional groups attached to an aromatic ring is 1. The lowest BCUT2D eigenvalue weighted by Gasteiger charge is -2.49. The van der Waals surface area contributed by atoms with E-state index in [1.165, 1.54) is 20.8 Å². The molecule has 1 saturated heterocycles. The summed E-state index contributed by atoms with van der Waals surface area (Å²) in [5.74, 6) is -4.92. The predicted molar refractivity (Wildman–Crippen MR) is 117 cm³/mol. The van der Waals surface area contributed by atoms with Crippen molar-refractivity contribution in [1.82, 2.24) is 15.2 Å². The molecule has 0 aliphatic carbocycles. The number of carboxylic acid groups (broad SMARTS) is 2. The smallest absolute Gasteiger partial charge is 0.352 e. The van der Waals surface area contributed by atoms with Crippen LogP contribution < -0.4 is 11.1 Å². The first kappa shape index (κ1) is 25.5. The molecule has 0 aromatic carbocycles. The van der Waals surface area contributed by atoms with Crippen molar-refractivity contribution in [3.8, 4) is 0 Å². The lowest BCUT2D eigenvalue weighted by Crippen LogP contribution is -2.71. The third-order valence-electron chi connectivity index (χ3n) is 4.85. The van der Waals surface area contributed by atoms with Gasteiger partial charge >= 0.3 is 17.9 Å². The standard InChI is InChI=1S/C19H21N5O10S/c1-7(25)32-4-8-6-35-15-11(14(27)24(15)12(8)16(28)29)22-13(26)10(9-5-33-18(20)21-9)23-34-19(2,3)17(30)31/h5,11,15H,4,6H2,1-3H3,(H2,20,21)(H,22,26)(H,28,29)(H,30,31)/t11?,15-/m0/s1. The largest absolute Gasteiger partial charge is 0.478 e. The number of oxime groups is 1. The molecule has 188 valence electrons. The number of carboxylic acids is 2. The molecule has 5 N–H and O–H groups in total. The SMILES string of the molecule is CC(=O)OCC1=C(C(=O)O)N2C(=O)C(NC(=O)C(=NOC(C)(C)C(=O)O)c3coc(N)n3)[C@@H]2SC1. The van der Waals surface area contributed by atoms with E-state index in [4.69, 9.17) is 19.7 Å². The van der Waals surface area contributed by atoms with Crippen LogP contribution in [-0.2, 0) is 33.5 Å². The highest BCUT2D eigenvalue weighted by molar-refractivity contribution is 8.00. The third-order valence-corrected chi connectivity index (χ3v) is 6.19. The number of nitrogens with one attached hydrogen (secondary N) is 1. The quantitative estimate of drug-likeness (QED) is 0.137. The van der Waals surface area contributed by atoms with E-state index in [9.17, 15) is 34.2 Å². The molecule has 3 heterocycles. The van der Waals surface area contributed by atoms with E-state index in [0.717, 1.165) is 22.9 Å². The van der Waals surface area contributed by atoms with Crippen LogP contribution >= 0.6 is 11.8 Å². The number of anilines is 1. The number of rotatable bonds is 9. The highest BCUT2D eigenvalue weighted by Gasteiger charge is 2.54. The third kappa shape index (κ3) is 5.21. The number of carbonyl (C=O) groups excluding carboxylic acids is 3. The number of ether oxygens (including phenoxy) is 1. The normalized spacial score (nSPS) is 20.0. The molecule has 1 aromatic rings. The molecule has 2 amide bonds. The second-order valence-corrected chi connectivity index (χ2v) is 8.92. The van der Waals surface area contributed by atoms with Gasteiger partial charge in [-0.25, -0.2) is 9.59 Å². The predicted octanol–water partition coefficient (Wildman–Crippen LogP) is -0.858. The van der Waals surface area contributed by atoms with Crippen LogP contribution in [0.1, 0.15) is 26.5 Å². The summed E-state index contributed by atoms with van der Waals surface area (Å²) >= 11 is 1.16. The van der Waals surface area contributed by atoms with E-state index in [2.05, 4.69) is 15.5 Å². The number of aliphatic carboxylic acids is 2. The summed E-state index contributed by atoms with van der Waals surface area (Å²) in [6.45, 7) is 3.27. The molecule has 16 heteroatoms. The number of amides is 2. The van der Waals surface area contributed by atoms with Crippen LogP contribution in [0.4, 0.5) is 6.01 Å². The van der Waals surface area contributed by atoms with E-state index in [1.807, 2.05) is 0 Å². The van der Waals surface area contributed by atoms with E-state index < -0.39 is 52.5 Å². The minimum absolute atomic E-state index is 0.131. The van der Waals surface area contributed by atoms with Crippen molar-refractivity contribution in [1.29, 1.82) is 0 Å². The van der Waals surface area contributed by atoms with Gasteiger partial charge in [-0.3, -0.25) is 19.3 Å². The Morgan fingerprint density at radius 3 is 2.60 bits per heavy atom. The fraction of sp³-hybridized carbons (Fsp3) is 0.421. The molecule has 0 radical (unpaired) electrons. The number of thioether (sulfide) groups is 1. The average Bonchev–Trinajstić information content (AvgIpc) is 3.20. The molecule has 1 unspecified atom stereocenters. The Bertz CT molecular complexity index is 1160. The van der Waals surface area contributed by atoms with E-state index >= 15 is 0 Å². The minimum Gasteiger partial charge on any atom is -0.478 e. The van der Waals surface area contributed by atoms with Gasteiger partial charge in [0.1, 0.15) is 35.7 Å². The van der Waals surface area contributed by atoms with Crippen LogP contribution in [0.3, 0.4) is 0 Å². The van der Waals surface area contributed by atoms with Crippen molar-refractivity contribution in [2.24, 2.45) is 5.16 Å². The molecular formula is C19H21N5O10S. The summed E-state index contributed by atoms with van der Waals surface area (Å²) in [5, 5.41) is 24.1. The van der Waals surface area contributed by atoms with Gasteiger partial charge in [-0.2, -0.15) is 4.98 Å². The van der Waals surface area contributed by atoms with Crippen molar-refractivity contribution in [2.45, 2.75) is 37.8 Å². The van der Waals surface area contributed by atoms with Gasteiger partial charge in [0.25, 0.3) is 17.8 Å². The Kier molecular flexibility index (Phi) is 7.04. The monoisotopic (exact) mass is 511 g/mol. The number of esters is 1. The van der Waals surface area contributed by atoms with Crippen molar-refractivity contribution in [3.05, 3.63) is 23.2 Å². The summed E-state index contributed by atoms with van der Waals surface area (Å²) in [5.41, 5.74) is 2.84. The Hall–Kier alpha value is -4.08. The van der Waals surface area contributed by atoms with E-state index in [-0.39, 0.29) is 35.3 Å². The Balaban J connectivity index is 1.82. The highest BCUT2D eigenvalue weighted by Crippen LogP contribution is 2.40. The molecule has 15 nitrogen and oxygen atoms in total. The first-order valence-electron chi connectivity index (χ1n) is 9.88. The number of nitrogens with two attached hydrogens (primary N) is 1. The van der Waals surface area contributed by atoms with Gasteiger partial charge in [-0.1, -0.05) is 5.16 Å². The van der Waals surface area contributed by atoms with Crippen LogP contribution in [0.15, 0.2) is 27.1 Å². The molecule has 1 aromatic heterocycles. The molecule has 3 rings (SSSR count). The zero-order valence-electron chi connectivity index (χ0n) is 18.6. The molecule has 2 aliphatic heterocycles. The number of aromatic nitrogens is 1. The zero-order chi connectivity index (χ0) is 26.1. The van der Waals surface area contributed by atoms with Crippen molar-refractivity contribution in [3.63, 3.8) is 0 Å². The van der Waals surface area contributed by atoms with Gasteiger partial charge in [-0.05, 0) is 13.8 Å². The van der Waals surface area contributed by atoms with Gasteiger partial charge in [0.05, 0.1) is 0 Å². The molecule has 0 spiro atoms. The van der Waals surface area contributed by atoms with E-state index in [1.54, 1.807) is 0 Å². The van der Waals surface area contributed by atoms with Gasteiger partial charge in [0.15, 0.2) is 5.71 Å². The van der Waals surface area contributed by atoms with Gasteiger partial charge < -0.3 is 35.3 Å². The molecule has 35 heavy (non-hydrogen) atoms. The summed E-state index contributed by atoms with van der Waals surface area (Å²) in [6, 6.07) is -1.44. The van der Waals surface area contributed by atoms with E-state index in [0.29, 0.717) is 0 Å². The molecule has 0 saturated carbocycles. The number of carbonyl (C=O) groups is 5. The molecule has 2 atom stereocenters. The van der Waals surface area contributed by atoms with Crippen molar-refractivity contribution in [2.75, 3.05) is 18.1 Å². The lowest BCUT2D eigenvalue weighted by molar-refractivity contribution is -0.161. The maximum absolute atomic E-state index is 13.0. The van der Waals surface area contributed by atoms with Gasteiger partial charge in [0.2, 0.25) is 5.60 Å². The first-order valence-corrected chi connectivity index (χ1v) is 10.9. The van der Waals surface area contributed by atoms with Gasteiger partial charge in [-0.15, -0.1) is 11.8 Å². The summed E-state index contributed by atoms with van der Waals surface area (Å²) in [7, 11) is 0. The first-order chi connectivity index (χ1) is 16.3. The fourth-order valence-corrected chi connectivity index (χ4v) is 4.32. The number of nitrogens with zero attached hydrogens (tertiary/aromatic N) is 3. The number of hydrogen-bond donors (Lipinski definition) is 4. The topological polar surface area (TPSA) is 224 Å². The number of hydrogen-bond acceptors (Lipinski definition) is 12. The minimum atomic E-state index is -1.80. The number of fused-ring (bicyclic) bond motifs is 1. The second kappa shape index (κ2) is 9.65. The van der Waals surface area contributed by atoms with Crippen LogP contribution in [0, 0.1) is 0 Å². The molecule has 1 fully saturated rings. The molecule has 0 bridgehead atoms. The van der Waals surface area contributed by atoms with Crippen LogP contribution in [0.25, 0.3) is 0 Å². The Morgan fingerprint density at radius 1 is 1.37 bits per heavy atom. The number of oxazole rings is 1. The van der Waals surface area contributed by atoms with Crippen molar-refractivity contribution >= 4 is 53.2 Å². The Morgan fingerprint density at radius 2 is 2.06 bits per heavy atom. The molecular weight excluding hydrogens is 490 g/mol. The average molecular weight is 511 g/mol. The van der Waals surface area contributed by atoms with Crippen molar-refractivity contribution < 1.29 is 48.2 Å². The second-order valence-electron chi connectivity index (χ2n) is 7.82. The summed E-state index contributed by atoms with van der Waals surface area (Å²) in [4.78, 5) is 69.7.